The number of halogens is 3. The molecule has 0 saturated heterocycles. The Morgan fingerprint density at radius 1 is 1.24 bits per heavy atom. The van der Waals surface area contributed by atoms with Gasteiger partial charge in [0.2, 0.25) is 0 Å². The van der Waals surface area contributed by atoms with Crippen LogP contribution >= 0.6 is 11.3 Å². The van der Waals surface area contributed by atoms with Gasteiger partial charge >= 0.3 is 6.18 Å². The van der Waals surface area contributed by atoms with E-state index in [2.05, 4.69) is 15.3 Å². The molecule has 3 rings (SSSR count). The summed E-state index contributed by atoms with van der Waals surface area (Å²) in [6.45, 7) is 0.317. The fraction of sp³-hybridized carbons (Fsp3) is 0.200. The Bertz CT molecular complexity index is 963. The lowest BCUT2D eigenvalue weighted by Gasteiger charge is -2.08. The van der Waals surface area contributed by atoms with E-state index in [1.807, 2.05) is 0 Å². The van der Waals surface area contributed by atoms with E-state index in [0.717, 1.165) is 18.3 Å². The van der Waals surface area contributed by atoms with Crippen LogP contribution in [0.1, 0.15) is 16.1 Å². The highest BCUT2D eigenvalue weighted by molar-refractivity contribution is 7.17. The van der Waals surface area contributed by atoms with E-state index < -0.39 is 17.8 Å². The number of hydrogen-bond donors (Lipinski definition) is 1. The zero-order valence-electron chi connectivity index (χ0n) is 12.6. The third-order valence-corrected chi connectivity index (χ3v) is 4.28. The maximum absolute atomic E-state index is 12.4. The zero-order valence-corrected chi connectivity index (χ0v) is 13.4. The molecule has 0 spiro atoms. The number of nitrogens with one attached hydrogen (secondary N) is 1. The molecule has 1 N–H and O–H groups in total. The summed E-state index contributed by atoms with van der Waals surface area (Å²) >= 11 is 1.28. The molecule has 0 atom stereocenters. The summed E-state index contributed by atoms with van der Waals surface area (Å²) in [6, 6.07) is 3.54. The van der Waals surface area contributed by atoms with Gasteiger partial charge in [-0.25, -0.2) is 4.98 Å². The number of alkyl halides is 3. The van der Waals surface area contributed by atoms with Gasteiger partial charge in [0.05, 0.1) is 17.4 Å². The maximum atomic E-state index is 12.4. The van der Waals surface area contributed by atoms with Crippen LogP contribution < -0.4 is 10.9 Å². The molecule has 25 heavy (non-hydrogen) atoms. The van der Waals surface area contributed by atoms with Gasteiger partial charge in [0.1, 0.15) is 10.4 Å². The Kier molecular flexibility index (Phi) is 4.53. The first kappa shape index (κ1) is 17.1. The first-order valence-electron chi connectivity index (χ1n) is 7.10. The fourth-order valence-corrected chi connectivity index (χ4v) is 2.92. The number of hydrogen-bond acceptors (Lipinski definition) is 5. The molecule has 3 aromatic heterocycles. The normalized spacial score (nSPS) is 11.6. The van der Waals surface area contributed by atoms with Crippen molar-refractivity contribution in [2.24, 2.45) is 0 Å². The summed E-state index contributed by atoms with van der Waals surface area (Å²) in [7, 11) is 0. The van der Waals surface area contributed by atoms with E-state index in [0.29, 0.717) is 10.2 Å². The van der Waals surface area contributed by atoms with E-state index in [4.69, 9.17) is 0 Å². The molecule has 0 radical (unpaired) electrons. The number of pyridine rings is 1. The van der Waals surface area contributed by atoms with Gasteiger partial charge in [-0.3, -0.25) is 19.1 Å². The SMILES string of the molecule is O=C(NCCn1cnc2ccsc2c1=O)c1ccc(C(F)(F)F)nc1. The zero-order chi connectivity index (χ0) is 18.0. The summed E-state index contributed by atoms with van der Waals surface area (Å²) in [5.41, 5.74) is -0.644. The second-order valence-electron chi connectivity index (χ2n) is 5.06. The fourth-order valence-electron chi connectivity index (χ4n) is 2.13. The Morgan fingerprint density at radius 2 is 2.04 bits per heavy atom. The topological polar surface area (TPSA) is 76.9 Å². The predicted octanol–water partition coefficient (Wildman–Crippen LogP) is 2.30. The molecule has 0 bridgehead atoms. The van der Waals surface area contributed by atoms with E-state index in [1.165, 1.54) is 22.2 Å². The number of rotatable bonds is 4. The summed E-state index contributed by atoms with van der Waals surface area (Å²) in [5, 5.41) is 4.30. The van der Waals surface area contributed by atoms with E-state index in [-0.39, 0.29) is 24.2 Å². The summed E-state index contributed by atoms with van der Waals surface area (Å²) in [6.07, 6.45) is -2.30. The summed E-state index contributed by atoms with van der Waals surface area (Å²) < 4.78 is 39.2. The quantitative estimate of drug-likeness (QED) is 0.767. The average molecular weight is 368 g/mol. The molecular weight excluding hydrogens is 357 g/mol. The highest BCUT2D eigenvalue weighted by Crippen LogP contribution is 2.27. The van der Waals surface area contributed by atoms with Gasteiger partial charge in [0, 0.05) is 19.3 Å². The monoisotopic (exact) mass is 368 g/mol. The second-order valence-corrected chi connectivity index (χ2v) is 5.98. The van der Waals surface area contributed by atoms with Crippen molar-refractivity contribution >= 4 is 27.5 Å². The standard InChI is InChI=1S/C15H11F3N4O2S/c16-15(17,18)11-2-1-9(7-20-11)13(23)19-4-5-22-8-21-10-3-6-25-12(10)14(22)24/h1-3,6-8H,4-5H2,(H,19,23). The van der Waals surface area contributed by atoms with E-state index in [9.17, 15) is 22.8 Å². The first-order chi connectivity index (χ1) is 11.9. The van der Waals surface area contributed by atoms with Crippen LogP contribution in [-0.2, 0) is 12.7 Å². The molecule has 0 saturated carbocycles. The number of carbonyl (C=O) groups is 1. The minimum atomic E-state index is -4.55. The average Bonchev–Trinajstić information content (AvgIpc) is 3.05. The molecule has 6 nitrogen and oxygen atoms in total. The van der Waals surface area contributed by atoms with E-state index in [1.54, 1.807) is 11.4 Å². The van der Waals surface area contributed by atoms with Gasteiger partial charge in [0.15, 0.2) is 0 Å². The molecule has 3 heterocycles. The van der Waals surface area contributed by atoms with Crippen LogP contribution in [0.15, 0.2) is 40.9 Å². The molecule has 0 aromatic carbocycles. The molecule has 130 valence electrons. The van der Waals surface area contributed by atoms with Gasteiger partial charge in [-0.05, 0) is 23.6 Å². The molecule has 0 aliphatic rings. The summed E-state index contributed by atoms with van der Waals surface area (Å²) in [5.74, 6) is -0.570. The molecular formula is C15H11F3N4O2S. The van der Waals surface area contributed by atoms with Crippen molar-refractivity contribution in [3.8, 4) is 0 Å². The minimum Gasteiger partial charge on any atom is -0.350 e. The molecule has 0 aliphatic heterocycles. The molecule has 0 aliphatic carbocycles. The van der Waals surface area contributed by atoms with Crippen LogP contribution in [0.3, 0.4) is 0 Å². The number of aromatic nitrogens is 3. The van der Waals surface area contributed by atoms with Crippen molar-refractivity contribution in [3.05, 3.63) is 57.7 Å². The van der Waals surface area contributed by atoms with Gasteiger partial charge in [-0.15, -0.1) is 11.3 Å². The predicted molar refractivity (Wildman–Crippen MR) is 85.5 cm³/mol. The highest BCUT2D eigenvalue weighted by Gasteiger charge is 2.32. The van der Waals surface area contributed by atoms with Gasteiger partial charge in [0.25, 0.3) is 11.5 Å². The van der Waals surface area contributed by atoms with Crippen LogP contribution in [0.25, 0.3) is 10.2 Å². The Hall–Kier alpha value is -2.75. The third-order valence-electron chi connectivity index (χ3n) is 3.39. The lowest BCUT2D eigenvalue weighted by atomic mass is 10.2. The number of nitrogens with zero attached hydrogens (tertiary/aromatic N) is 3. The lowest BCUT2D eigenvalue weighted by molar-refractivity contribution is -0.141. The molecule has 3 aromatic rings. The van der Waals surface area contributed by atoms with Crippen LogP contribution in [0, 0.1) is 0 Å². The molecule has 10 heteroatoms. The Balaban J connectivity index is 1.62. The first-order valence-corrected chi connectivity index (χ1v) is 7.98. The maximum Gasteiger partial charge on any atom is 0.433 e. The third kappa shape index (κ3) is 3.68. The molecule has 0 fully saturated rings. The van der Waals surface area contributed by atoms with Gasteiger partial charge < -0.3 is 5.32 Å². The highest BCUT2D eigenvalue weighted by atomic mass is 32.1. The number of fused-ring (bicyclic) bond motifs is 1. The lowest BCUT2D eigenvalue weighted by Crippen LogP contribution is -2.31. The number of thiophene rings is 1. The summed E-state index contributed by atoms with van der Waals surface area (Å²) in [4.78, 5) is 31.5. The van der Waals surface area contributed by atoms with Crippen LogP contribution in [-0.4, -0.2) is 27.0 Å². The van der Waals surface area contributed by atoms with Crippen LogP contribution in [0.4, 0.5) is 13.2 Å². The second kappa shape index (κ2) is 6.63. The number of amides is 1. The largest absolute Gasteiger partial charge is 0.433 e. The Labute approximate surface area is 143 Å². The van der Waals surface area contributed by atoms with Gasteiger partial charge in [-0.2, -0.15) is 13.2 Å². The van der Waals surface area contributed by atoms with Crippen molar-refractivity contribution in [3.63, 3.8) is 0 Å². The van der Waals surface area contributed by atoms with E-state index >= 15 is 0 Å². The van der Waals surface area contributed by atoms with Crippen LogP contribution in [0.2, 0.25) is 0 Å². The van der Waals surface area contributed by atoms with Crippen molar-refractivity contribution in [2.45, 2.75) is 12.7 Å². The van der Waals surface area contributed by atoms with Crippen LogP contribution in [0.5, 0.6) is 0 Å². The van der Waals surface area contributed by atoms with Crippen molar-refractivity contribution < 1.29 is 18.0 Å². The van der Waals surface area contributed by atoms with Crippen molar-refractivity contribution in [1.29, 1.82) is 0 Å². The smallest absolute Gasteiger partial charge is 0.350 e. The molecule has 1 amide bonds. The molecule has 0 unspecified atom stereocenters. The van der Waals surface area contributed by atoms with Crippen molar-refractivity contribution in [1.82, 2.24) is 19.9 Å². The minimum absolute atomic E-state index is 0.00665. The Morgan fingerprint density at radius 3 is 2.72 bits per heavy atom. The number of carbonyl (C=O) groups excluding carboxylic acids is 1. The van der Waals surface area contributed by atoms with Crippen molar-refractivity contribution in [2.75, 3.05) is 6.54 Å². The van der Waals surface area contributed by atoms with Gasteiger partial charge in [-0.1, -0.05) is 0 Å².